The lowest BCUT2D eigenvalue weighted by Crippen LogP contribution is -2.39. The minimum absolute atomic E-state index is 0.282. The molecule has 0 aromatic carbocycles. The summed E-state index contributed by atoms with van der Waals surface area (Å²) in [5.74, 6) is 0.282. The van der Waals surface area contributed by atoms with Gasteiger partial charge in [0.1, 0.15) is 5.60 Å². The zero-order chi connectivity index (χ0) is 14.8. The second kappa shape index (κ2) is 5.48. The molecule has 2 heterocycles. The van der Waals surface area contributed by atoms with Crippen molar-refractivity contribution in [2.45, 2.75) is 39.3 Å². The summed E-state index contributed by atoms with van der Waals surface area (Å²) < 4.78 is 10.1. The highest BCUT2D eigenvalue weighted by Crippen LogP contribution is 2.23. The van der Waals surface area contributed by atoms with E-state index in [0.29, 0.717) is 26.0 Å². The van der Waals surface area contributed by atoms with Crippen molar-refractivity contribution in [3.8, 4) is 5.88 Å². The van der Waals surface area contributed by atoms with Crippen molar-refractivity contribution in [1.82, 2.24) is 9.88 Å². The van der Waals surface area contributed by atoms with Crippen LogP contribution in [0.5, 0.6) is 5.88 Å². The monoisotopic (exact) mass is 278 g/mol. The van der Waals surface area contributed by atoms with E-state index < -0.39 is 5.60 Å². The first-order valence-corrected chi connectivity index (χ1v) is 6.45. The molecule has 0 radical (unpaired) electrons. The van der Waals surface area contributed by atoms with E-state index in [1.807, 2.05) is 20.8 Å². The normalized spacial score (nSPS) is 14.4. The molecule has 0 atom stereocenters. The first kappa shape index (κ1) is 14.3. The van der Waals surface area contributed by atoms with Gasteiger partial charge < -0.3 is 14.4 Å². The van der Waals surface area contributed by atoms with Crippen molar-refractivity contribution >= 4 is 12.6 Å². The van der Waals surface area contributed by atoms with E-state index in [9.17, 15) is 9.59 Å². The maximum atomic E-state index is 12.0. The van der Waals surface area contributed by atoms with Crippen LogP contribution < -0.4 is 4.74 Å². The number of amides is 1. The molecule has 2 rings (SSSR count). The maximum Gasteiger partial charge on any atom is 0.410 e. The van der Waals surface area contributed by atoms with E-state index in [1.54, 1.807) is 17.2 Å². The Hall–Kier alpha value is -2.11. The molecule has 0 fully saturated rings. The van der Waals surface area contributed by atoms with Gasteiger partial charge in [0.25, 0.3) is 6.47 Å². The fourth-order valence-electron chi connectivity index (χ4n) is 2.01. The molecule has 0 aliphatic carbocycles. The van der Waals surface area contributed by atoms with Crippen LogP contribution in [0.1, 0.15) is 31.9 Å². The second-order valence-corrected chi connectivity index (χ2v) is 5.66. The molecule has 0 unspecified atom stereocenters. The molecule has 0 bridgehead atoms. The standard InChI is InChI=1S/C14H18N2O4/c1-14(2,3)20-13(18)16-5-4-10-6-12(19-9-17)15-7-11(10)8-16/h6-7,9H,4-5,8H2,1-3H3. The zero-order valence-corrected chi connectivity index (χ0v) is 11.9. The Morgan fingerprint density at radius 2 is 2.15 bits per heavy atom. The van der Waals surface area contributed by atoms with Crippen LogP contribution in [-0.4, -0.2) is 34.6 Å². The third-order valence-corrected chi connectivity index (χ3v) is 2.89. The Morgan fingerprint density at radius 3 is 2.80 bits per heavy atom. The molecule has 108 valence electrons. The molecule has 0 N–H and O–H groups in total. The highest BCUT2D eigenvalue weighted by Gasteiger charge is 2.26. The number of hydrogen-bond donors (Lipinski definition) is 0. The van der Waals surface area contributed by atoms with Crippen molar-refractivity contribution in [2.24, 2.45) is 0 Å². The van der Waals surface area contributed by atoms with E-state index >= 15 is 0 Å². The van der Waals surface area contributed by atoms with E-state index in [2.05, 4.69) is 4.98 Å². The van der Waals surface area contributed by atoms with E-state index in [1.165, 1.54) is 0 Å². The largest absolute Gasteiger partial charge is 0.444 e. The van der Waals surface area contributed by atoms with Crippen LogP contribution in [0, 0.1) is 0 Å². The first-order chi connectivity index (χ1) is 9.39. The summed E-state index contributed by atoms with van der Waals surface area (Å²) in [5, 5.41) is 0. The number of hydrogen-bond acceptors (Lipinski definition) is 5. The van der Waals surface area contributed by atoms with Gasteiger partial charge in [0.2, 0.25) is 5.88 Å². The third kappa shape index (κ3) is 3.46. The Labute approximate surface area is 117 Å². The number of carbonyl (C=O) groups excluding carboxylic acids is 2. The lowest BCUT2D eigenvalue weighted by atomic mass is 10.0. The van der Waals surface area contributed by atoms with Gasteiger partial charge in [-0.25, -0.2) is 9.78 Å². The molecule has 1 aliphatic heterocycles. The number of rotatable bonds is 2. The molecular formula is C14H18N2O4. The van der Waals surface area contributed by atoms with Gasteiger partial charge in [0.15, 0.2) is 0 Å². The van der Waals surface area contributed by atoms with E-state index in [4.69, 9.17) is 9.47 Å². The average Bonchev–Trinajstić information content (AvgIpc) is 2.36. The molecule has 0 saturated heterocycles. The van der Waals surface area contributed by atoms with Crippen LogP contribution >= 0.6 is 0 Å². The van der Waals surface area contributed by atoms with Gasteiger partial charge in [0, 0.05) is 18.8 Å². The van der Waals surface area contributed by atoms with Gasteiger partial charge in [-0.15, -0.1) is 0 Å². The highest BCUT2D eigenvalue weighted by molar-refractivity contribution is 5.68. The summed E-state index contributed by atoms with van der Waals surface area (Å²) in [6.07, 6.45) is 1.99. The van der Waals surface area contributed by atoms with Gasteiger partial charge in [-0.1, -0.05) is 0 Å². The molecule has 6 heteroatoms. The Bertz CT molecular complexity index is 522. The smallest absolute Gasteiger partial charge is 0.410 e. The molecule has 1 aromatic rings. The third-order valence-electron chi connectivity index (χ3n) is 2.89. The van der Waals surface area contributed by atoms with Crippen molar-refractivity contribution in [3.63, 3.8) is 0 Å². The lowest BCUT2D eigenvalue weighted by molar-refractivity contribution is -0.120. The summed E-state index contributed by atoms with van der Waals surface area (Å²) in [5.41, 5.74) is 1.48. The molecule has 0 saturated carbocycles. The number of ether oxygens (including phenoxy) is 2. The minimum atomic E-state index is -0.503. The number of aromatic nitrogens is 1. The minimum Gasteiger partial charge on any atom is -0.444 e. The average molecular weight is 278 g/mol. The van der Waals surface area contributed by atoms with Gasteiger partial charge in [-0.2, -0.15) is 0 Å². The van der Waals surface area contributed by atoms with Crippen molar-refractivity contribution in [2.75, 3.05) is 6.54 Å². The second-order valence-electron chi connectivity index (χ2n) is 5.66. The summed E-state index contributed by atoms with van der Waals surface area (Å²) in [6, 6.07) is 1.73. The SMILES string of the molecule is CC(C)(C)OC(=O)N1CCc2cc(OC=O)ncc2C1. The van der Waals surface area contributed by atoms with Crippen LogP contribution in [0.25, 0.3) is 0 Å². The molecule has 20 heavy (non-hydrogen) atoms. The fourth-order valence-corrected chi connectivity index (χ4v) is 2.01. The van der Waals surface area contributed by atoms with Crippen LogP contribution in [0.15, 0.2) is 12.3 Å². The van der Waals surface area contributed by atoms with E-state index in [-0.39, 0.29) is 12.0 Å². The van der Waals surface area contributed by atoms with Crippen molar-refractivity contribution < 1.29 is 19.1 Å². The van der Waals surface area contributed by atoms with Crippen LogP contribution in [0.4, 0.5) is 4.79 Å². The molecule has 1 aromatic heterocycles. The van der Waals surface area contributed by atoms with Crippen molar-refractivity contribution in [3.05, 3.63) is 23.4 Å². The maximum absolute atomic E-state index is 12.0. The first-order valence-electron chi connectivity index (χ1n) is 6.45. The van der Waals surface area contributed by atoms with Gasteiger partial charge in [0.05, 0.1) is 6.54 Å². The molecule has 0 spiro atoms. The summed E-state index contributed by atoms with van der Waals surface area (Å²) in [6.45, 7) is 6.91. The van der Waals surface area contributed by atoms with Crippen LogP contribution in [-0.2, 0) is 22.5 Å². The number of nitrogens with zero attached hydrogens (tertiary/aromatic N) is 2. The highest BCUT2D eigenvalue weighted by atomic mass is 16.6. The molecule has 1 aliphatic rings. The predicted molar refractivity (Wildman–Crippen MR) is 71.3 cm³/mol. The van der Waals surface area contributed by atoms with Crippen LogP contribution in [0.2, 0.25) is 0 Å². The van der Waals surface area contributed by atoms with Gasteiger partial charge in [-0.05, 0) is 38.3 Å². The summed E-state index contributed by atoms with van der Waals surface area (Å²) >= 11 is 0. The van der Waals surface area contributed by atoms with Crippen LogP contribution in [0.3, 0.4) is 0 Å². The van der Waals surface area contributed by atoms with Gasteiger partial charge >= 0.3 is 6.09 Å². The number of carbonyl (C=O) groups is 2. The quantitative estimate of drug-likeness (QED) is 0.773. The fraction of sp³-hybridized carbons (Fsp3) is 0.500. The van der Waals surface area contributed by atoms with Crippen molar-refractivity contribution in [1.29, 1.82) is 0 Å². The Balaban J connectivity index is 2.07. The molecular weight excluding hydrogens is 260 g/mol. The Morgan fingerprint density at radius 1 is 1.40 bits per heavy atom. The summed E-state index contributed by atoms with van der Waals surface area (Å²) in [7, 11) is 0. The Kier molecular flexibility index (Phi) is 3.92. The lowest BCUT2D eigenvalue weighted by Gasteiger charge is -2.31. The number of pyridine rings is 1. The summed E-state index contributed by atoms with van der Waals surface area (Å²) in [4.78, 5) is 28.0. The van der Waals surface area contributed by atoms with E-state index in [0.717, 1.165) is 11.1 Å². The van der Waals surface area contributed by atoms with Gasteiger partial charge in [-0.3, -0.25) is 4.79 Å². The predicted octanol–water partition coefficient (Wildman–Crippen LogP) is 1.91. The molecule has 1 amide bonds. The zero-order valence-electron chi connectivity index (χ0n) is 11.9. The number of fused-ring (bicyclic) bond motifs is 1. The molecule has 6 nitrogen and oxygen atoms in total. The topological polar surface area (TPSA) is 68.7 Å².